The van der Waals surface area contributed by atoms with Gasteiger partial charge in [0.15, 0.2) is 0 Å². The molecule has 3 rings (SSSR count). The maximum absolute atomic E-state index is 14.1. The van der Waals surface area contributed by atoms with Crippen molar-refractivity contribution in [2.24, 2.45) is 0 Å². The Morgan fingerprint density at radius 3 is 1.03 bits per heavy atom. The molecule has 32 heavy (non-hydrogen) atoms. The highest BCUT2D eigenvalue weighted by molar-refractivity contribution is 9.11. The molecule has 0 fully saturated rings. The van der Waals surface area contributed by atoms with Crippen molar-refractivity contribution in [1.82, 2.24) is 0 Å². The van der Waals surface area contributed by atoms with Gasteiger partial charge in [-0.05, 0) is 76.4 Å². The highest BCUT2D eigenvalue weighted by Crippen LogP contribution is 2.53. The molecule has 0 bridgehead atoms. The van der Waals surface area contributed by atoms with E-state index in [4.69, 9.17) is 13.6 Å². The van der Waals surface area contributed by atoms with E-state index in [1.165, 1.54) is 0 Å². The van der Waals surface area contributed by atoms with Crippen molar-refractivity contribution < 1.29 is 18.1 Å². The summed E-state index contributed by atoms with van der Waals surface area (Å²) < 4.78 is 34.6. The lowest BCUT2D eigenvalue weighted by Crippen LogP contribution is -2.10. The molecule has 0 aliphatic carbocycles. The molecule has 3 aromatic carbocycles. The van der Waals surface area contributed by atoms with Crippen LogP contribution in [0.25, 0.3) is 0 Å². The standard InChI is InChI=1S/C24H24Br3O4P/c1-13-7-10-19(16(4)22(13)25)29-32(28,30-20-11-8-14(2)23(26)17(20)5)31-21-12-9-15(3)24(27)18(21)6/h7-12H,1-6H3. The summed E-state index contributed by atoms with van der Waals surface area (Å²) in [6.07, 6.45) is 0. The fourth-order valence-electron chi connectivity index (χ4n) is 3.12. The molecule has 0 saturated heterocycles. The minimum Gasteiger partial charge on any atom is -0.386 e. The van der Waals surface area contributed by atoms with E-state index >= 15 is 0 Å². The van der Waals surface area contributed by atoms with E-state index in [-0.39, 0.29) is 0 Å². The lowest BCUT2D eigenvalue weighted by Gasteiger charge is -2.23. The van der Waals surface area contributed by atoms with Crippen LogP contribution in [-0.4, -0.2) is 0 Å². The van der Waals surface area contributed by atoms with Crippen LogP contribution < -0.4 is 13.6 Å². The predicted molar refractivity (Wildman–Crippen MR) is 140 cm³/mol. The van der Waals surface area contributed by atoms with E-state index in [1.807, 2.05) is 59.7 Å². The van der Waals surface area contributed by atoms with Crippen molar-refractivity contribution in [3.63, 3.8) is 0 Å². The Morgan fingerprint density at radius 1 is 0.531 bits per heavy atom. The van der Waals surface area contributed by atoms with Crippen LogP contribution in [0.4, 0.5) is 0 Å². The Kier molecular flexibility index (Phi) is 7.86. The zero-order valence-corrected chi connectivity index (χ0v) is 24.3. The smallest absolute Gasteiger partial charge is 0.386 e. The van der Waals surface area contributed by atoms with Gasteiger partial charge in [-0.3, -0.25) is 0 Å². The molecule has 0 heterocycles. The van der Waals surface area contributed by atoms with E-state index in [2.05, 4.69) is 47.8 Å². The van der Waals surface area contributed by atoms with Crippen LogP contribution in [0, 0.1) is 41.5 Å². The van der Waals surface area contributed by atoms with E-state index in [9.17, 15) is 4.57 Å². The molecule has 4 nitrogen and oxygen atoms in total. The van der Waals surface area contributed by atoms with Gasteiger partial charge in [0, 0.05) is 30.1 Å². The summed E-state index contributed by atoms with van der Waals surface area (Å²) >= 11 is 10.7. The monoisotopic (exact) mass is 644 g/mol. The van der Waals surface area contributed by atoms with Gasteiger partial charge in [-0.15, -0.1) is 0 Å². The molecular weight excluding hydrogens is 623 g/mol. The van der Waals surface area contributed by atoms with Gasteiger partial charge in [-0.1, -0.05) is 66.0 Å². The average Bonchev–Trinajstić information content (AvgIpc) is 2.75. The van der Waals surface area contributed by atoms with Crippen molar-refractivity contribution >= 4 is 55.6 Å². The van der Waals surface area contributed by atoms with Crippen LogP contribution in [0.2, 0.25) is 0 Å². The quantitative estimate of drug-likeness (QED) is 0.250. The molecule has 0 N–H and O–H groups in total. The molecule has 8 heteroatoms. The van der Waals surface area contributed by atoms with Gasteiger partial charge in [0.05, 0.1) is 0 Å². The Hall–Kier alpha value is -1.27. The van der Waals surface area contributed by atoms with Gasteiger partial charge < -0.3 is 13.6 Å². The number of phosphoric acid groups is 1. The molecule has 0 atom stereocenters. The lowest BCUT2D eigenvalue weighted by molar-refractivity contribution is 0.296. The molecule has 0 aliphatic heterocycles. The van der Waals surface area contributed by atoms with E-state index in [0.29, 0.717) is 17.2 Å². The Bertz CT molecular complexity index is 1090. The molecule has 0 amide bonds. The molecule has 0 unspecified atom stereocenters. The second-order valence-corrected chi connectivity index (χ2v) is 11.5. The summed E-state index contributed by atoms with van der Waals surface area (Å²) in [7, 11) is -4.13. The van der Waals surface area contributed by atoms with Crippen LogP contribution >= 0.6 is 55.6 Å². The number of phosphoric ester groups is 1. The average molecular weight is 647 g/mol. The molecule has 0 radical (unpaired) electrons. The number of rotatable bonds is 6. The fourth-order valence-corrected chi connectivity index (χ4v) is 5.53. The zero-order valence-electron chi connectivity index (χ0n) is 18.7. The number of hydrogen-bond donors (Lipinski definition) is 0. The number of hydrogen-bond acceptors (Lipinski definition) is 4. The molecule has 0 aliphatic rings. The Morgan fingerprint density at radius 2 is 0.781 bits per heavy atom. The van der Waals surface area contributed by atoms with Crippen molar-refractivity contribution in [2.45, 2.75) is 41.5 Å². The van der Waals surface area contributed by atoms with Crippen LogP contribution in [0.1, 0.15) is 33.4 Å². The summed E-state index contributed by atoms with van der Waals surface area (Å²) in [5.74, 6) is 1.25. The topological polar surface area (TPSA) is 44.8 Å². The first kappa shape index (κ1) is 25.4. The van der Waals surface area contributed by atoms with Crippen molar-refractivity contribution in [1.29, 1.82) is 0 Å². The maximum atomic E-state index is 14.1. The molecule has 0 spiro atoms. The Balaban J connectivity index is 2.09. The molecule has 3 aromatic rings. The first-order valence-corrected chi connectivity index (χ1v) is 13.7. The first-order chi connectivity index (χ1) is 14.9. The summed E-state index contributed by atoms with van der Waals surface area (Å²) in [5, 5.41) is 0. The van der Waals surface area contributed by atoms with Crippen molar-refractivity contribution in [3.8, 4) is 17.2 Å². The zero-order chi connectivity index (χ0) is 23.8. The van der Waals surface area contributed by atoms with Gasteiger partial charge in [0.2, 0.25) is 0 Å². The minimum absolute atomic E-state index is 0.415. The van der Waals surface area contributed by atoms with Gasteiger partial charge in [-0.2, -0.15) is 4.57 Å². The second-order valence-electron chi connectivity index (χ2n) is 7.68. The third-order valence-electron chi connectivity index (χ3n) is 5.22. The SMILES string of the molecule is Cc1ccc(OP(=O)(Oc2ccc(C)c(Br)c2C)Oc2ccc(C)c(Br)c2C)c(C)c1Br. The van der Waals surface area contributed by atoms with Gasteiger partial charge >= 0.3 is 7.82 Å². The third kappa shape index (κ3) is 5.27. The summed E-state index contributed by atoms with van der Waals surface area (Å²) in [6.45, 7) is 11.6. The highest BCUT2D eigenvalue weighted by Gasteiger charge is 2.35. The van der Waals surface area contributed by atoms with Crippen LogP contribution in [-0.2, 0) is 4.57 Å². The fraction of sp³-hybridized carbons (Fsp3) is 0.250. The molecule has 0 aromatic heterocycles. The largest absolute Gasteiger partial charge is 0.647 e. The minimum atomic E-state index is -4.13. The molecular formula is C24H24Br3O4P. The van der Waals surface area contributed by atoms with Gasteiger partial charge in [0.1, 0.15) is 17.2 Å². The van der Waals surface area contributed by atoms with Gasteiger partial charge in [0.25, 0.3) is 0 Å². The maximum Gasteiger partial charge on any atom is 0.647 e. The number of halogens is 3. The molecule has 170 valence electrons. The van der Waals surface area contributed by atoms with E-state index in [0.717, 1.165) is 46.8 Å². The van der Waals surface area contributed by atoms with Crippen molar-refractivity contribution in [3.05, 3.63) is 83.2 Å². The first-order valence-electron chi connectivity index (χ1n) is 9.89. The van der Waals surface area contributed by atoms with E-state index < -0.39 is 7.82 Å². The van der Waals surface area contributed by atoms with Gasteiger partial charge in [-0.25, -0.2) is 0 Å². The van der Waals surface area contributed by atoms with Crippen molar-refractivity contribution in [2.75, 3.05) is 0 Å². The number of benzene rings is 3. The van der Waals surface area contributed by atoms with Crippen LogP contribution in [0.3, 0.4) is 0 Å². The summed E-state index contributed by atoms with van der Waals surface area (Å²) in [5.41, 5.74) is 5.55. The summed E-state index contributed by atoms with van der Waals surface area (Å²) in [6, 6.07) is 11.0. The second kappa shape index (κ2) is 9.92. The van der Waals surface area contributed by atoms with E-state index in [1.54, 1.807) is 18.2 Å². The highest BCUT2D eigenvalue weighted by atomic mass is 79.9. The van der Waals surface area contributed by atoms with Crippen LogP contribution in [0.5, 0.6) is 17.2 Å². The summed E-state index contributed by atoms with van der Waals surface area (Å²) in [4.78, 5) is 0. The van der Waals surface area contributed by atoms with Crippen LogP contribution in [0.15, 0.2) is 49.8 Å². The Labute approximate surface area is 214 Å². The molecule has 0 saturated carbocycles. The lowest BCUT2D eigenvalue weighted by atomic mass is 10.1. The normalized spacial score (nSPS) is 11.4. The predicted octanol–water partition coefficient (Wildman–Crippen LogP) is 9.47. The third-order valence-corrected chi connectivity index (χ3v) is 10.1. The number of aryl methyl sites for hydroxylation is 3.